The molecule has 0 aliphatic carbocycles. The zero-order valence-corrected chi connectivity index (χ0v) is 12.6. The van der Waals surface area contributed by atoms with Crippen LogP contribution in [0.1, 0.15) is 11.3 Å². The lowest BCUT2D eigenvalue weighted by molar-refractivity contribution is 0.483. The Labute approximate surface area is 131 Å². The molecule has 2 heterocycles. The van der Waals surface area contributed by atoms with Crippen molar-refractivity contribution in [3.8, 4) is 17.6 Å². The van der Waals surface area contributed by atoms with Gasteiger partial charge in [-0.3, -0.25) is 0 Å². The number of pyridine rings is 1. The van der Waals surface area contributed by atoms with Crippen LogP contribution in [0.15, 0.2) is 48.0 Å². The van der Waals surface area contributed by atoms with Gasteiger partial charge in [0.05, 0.1) is 17.3 Å². The molecule has 0 bridgehead atoms. The van der Waals surface area contributed by atoms with Crippen molar-refractivity contribution >= 4 is 22.3 Å². The van der Waals surface area contributed by atoms with Crippen molar-refractivity contribution in [3.05, 3.63) is 59.2 Å². The fourth-order valence-corrected chi connectivity index (χ4v) is 2.49. The highest BCUT2D eigenvalue weighted by atomic mass is 32.1. The molecule has 2 aromatic heterocycles. The molecule has 6 heteroatoms. The lowest BCUT2D eigenvalue weighted by atomic mass is 10.2. The first-order chi connectivity index (χ1) is 10.7. The molecule has 0 spiro atoms. The topological polar surface area (TPSA) is 70.8 Å². The normalized spacial score (nSPS) is 10.0. The minimum atomic E-state index is 0.593. The third-order valence-corrected chi connectivity index (χ3v) is 3.70. The highest BCUT2D eigenvalue weighted by molar-refractivity contribution is 7.13. The van der Waals surface area contributed by atoms with Gasteiger partial charge in [-0.2, -0.15) is 5.26 Å². The summed E-state index contributed by atoms with van der Waals surface area (Å²) >= 11 is 1.51. The van der Waals surface area contributed by atoms with Crippen molar-refractivity contribution in [2.45, 2.75) is 6.92 Å². The molecule has 0 aliphatic rings. The lowest BCUT2D eigenvalue weighted by Crippen LogP contribution is -1.96. The fraction of sp³-hybridized carbons (Fsp3) is 0.0625. The lowest BCUT2D eigenvalue weighted by Gasteiger charge is -2.10. The first-order valence-electron chi connectivity index (χ1n) is 6.57. The van der Waals surface area contributed by atoms with Gasteiger partial charge >= 0.3 is 0 Å². The van der Waals surface area contributed by atoms with Crippen LogP contribution in [0.25, 0.3) is 0 Å². The van der Waals surface area contributed by atoms with Gasteiger partial charge < -0.3 is 10.1 Å². The summed E-state index contributed by atoms with van der Waals surface area (Å²) in [5.41, 5.74) is 1.55. The minimum Gasteiger partial charge on any atom is -0.453 e. The van der Waals surface area contributed by atoms with Crippen molar-refractivity contribution in [2.75, 3.05) is 5.32 Å². The molecule has 1 aromatic carbocycles. The molecule has 0 radical (unpaired) electrons. The third kappa shape index (κ3) is 3.22. The van der Waals surface area contributed by atoms with Gasteiger partial charge in [0, 0.05) is 11.6 Å². The molecule has 0 atom stereocenters. The number of benzene rings is 1. The second-order valence-corrected chi connectivity index (χ2v) is 5.37. The third-order valence-electron chi connectivity index (χ3n) is 2.83. The Morgan fingerprint density at radius 1 is 1.23 bits per heavy atom. The molecule has 3 aromatic rings. The van der Waals surface area contributed by atoms with Gasteiger partial charge in [-0.05, 0) is 43.3 Å². The Morgan fingerprint density at radius 2 is 2.05 bits per heavy atom. The van der Waals surface area contributed by atoms with E-state index in [9.17, 15) is 0 Å². The molecule has 0 unspecified atom stereocenters. The maximum atomic E-state index is 8.81. The van der Waals surface area contributed by atoms with Crippen LogP contribution in [-0.4, -0.2) is 9.97 Å². The number of hydrogen-bond acceptors (Lipinski definition) is 6. The molecule has 0 amide bonds. The number of nitrogens with zero attached hydrogens (tertiary/aromatic N) is 3. The summed E-state index contributed by atoms with van der Waals surface area (Å²) in [6, 6.07) is 12.6. The molecular weight excluding hydrogens is 296 g/mol. The van der Waals surface area contributed by atoms with Crippen LogP contribution in [0, 0.1) is 18.3 Å². The second kappa shape index (κ2) is 6.24. The van der Waals surface area contributed by atoms with Gasteiger partial charge in [-0.25, -0.2) is 9.97 Å². The summed E-state index contributed by atoms with van der Waals surface area (Å²) in [4.78, 5) is 8.64. The van der Waals surface area contributed by atoms with Crippen molar-refractivity contribution in [1.29, 1.82) is 5.26 Å². The smallest absolute Gasteiger partial charge is 0.188 e. The number of hydrogen-bond donors (Lipinski definition) is 1. The maximum absolute atomic E-state index is 8.81. The van der Waals surface area contributed by atoms with Crippen LogP contribution in [0.5, 0.6) is 11.5 Å². The highest BCUT2D eigenvalue weighted by Gasteiger charge is 2.08. The summed E-state index contributed by atoms with van der Waals surface area (Å²) in [6.45, 7) is 1.94. The van der Waals surface area contributed by atoms with Gasteiger partial charge in [0.2, 0.25) is 0 Å². The molecular formula is C16H12N4OS. The predicted molar refractivity (Wildman–Crippen MR) is 85.6 cm³/mol. The van der Waals surface area contributed by atoms with Crippen LogP contribution in [-0.2, 0) is 0 Å². The van der Waals surface area contributed by atoms with Crippen LogP contribution in [0.3, 0.4) is 0 Å². The number of aryl methyl sites for hydroxylation is 1. The molecule has 1 N–H and O–H groups in total. The molecule has 108 valence electrons. The molecule has 5 nitrogen and oxygen atoms in total. The van der Waals surface area contributed by atoms with E-state index < -0.39 is 0 Å². The van der Waals surface area contributed by atoms with Crippen LogP contribution in [0.4, 0.5) is 10.9 Å². The van der Waals surface area contributed by atoms with Gasteiger partial charge in [0.15, 0.2) is 16.7 Å². The van der Waals surface area contributed by atoms with E-state index in [1.807, 2.05) is 18.4 Å². The van der Waals surface area contributed by atoms with Crippen LogP contribution in [0.2, 0.25) is 0 Å². The number of nitrogens with one attached hydrogen (secondary N) is 1. The number of ether oxygens (including phenoxy) is 1. The van der Waals surface area contributed by atoms with E-state index in [4.69, 9.17) is 10.00 Å². The molecule has 0 saturated carbocycles. The molecule has 22 heavy (non-hydrogen) atoms. The van der Waals surface area contributed by atoms with Crippen molar-refractivity contribution < 1.29 is 4.74 Å². The Morgan fingerprint density at radius 3 is 2.73 bits per heavy atom. The van der Waals surface area contributed by atoms with E-state index >= 15 is 0 Å². The zero-order chi connectivity index (χ0) is 15.4. The molecule has 0 saturated heterocycles. The number of aromatic nitrogens is 2. The van der Waals surface area contributed by atoms with Crippen LogP contribution < -0.4 is 10.1 Å². The average molecular weight is 308 g/mol. The summed E-state index contributed by atoms with van der Waals surface area (Å²) in [6.07, 6.45) is 1.69. The maximum Gasteiger partial charge on any atom is 0.188 e. The van der Waals surface area contributed by atoms with Crippen molar-refractivity contribution in [3.63, 3.8) is 0 Å². The Balaban J connectivity index is 1.82. The van der Waals surface area contributed by atoms with Gasteiger partial charge in [0.1, 0.15) is 5.75 Å². The van der Waals surface area contributed by atoms with E-state index in [0.29, 0.717) is 22.9 Å². The first-order valence-corrected chi connectivity index (χ1v) is 7.45. The second-order valence-electron chi connectivity index (χ2n) is 4.51. The Kier molecular flexibility index (Phi) is 3.99. The molecule has 0 fully saturated rings. The van der Waals surface area contributed by atoms with Crippen LogP contribution >= 0.6 is 11.3 Å². The summed E-state index contributed by atoms with van der Waals surface area (Å²) < 4.78 is 5.83. The average Bonchev–Trinajstić information content (AvgIpc) is 2.95. The largest absolute Gasteiger partial charge is 0.453 e. The van der Waals surface area contributed by atoms with Gasteiger partial charge in [0.25, 0.3) is 0 Å². The monoisotopic (exact) mass is 308 g/mol. The predicted octanol–water partition coefficient (Wildman–Crippen LogP) is 4.25. The van der Waals surface area contributed by atoms with Crippen molar-refractivity contribution in [2.24, 2.45) is 0 Å². The van der Waals surface area contributed by atoms with E-state index in [1.165, 1.54) is 11.3 Å². The highest BCUT2D eigenvalue weighted by Crippen LogP contribution is 2.30. The van der Waals surface area contributed by atoms with Gasteiger partial charge in [-0.15, -0.1) is 11.3 Å². The summed E-state index contributed by atoms with van der Waals surface area (Å²) in [5, 5.41) is 14.7. The van der Waals surface area contributed by atoms with E-state index in [2.05, 4.69) is 21.4 Å². The van der Waals surface area contributed by atoms with E-state index in [-0.39, 0.29) is 0 Å². The Bertz CT molecular complexity index is 821. The number of anilines is 2. The minimum absolute atomic E-state index is 0.593. The van der Waals surface area contributed by atoms with E-state index in [0.717, 1.165) is 10.8 Å². The number of rotatable bonds is 4. The quantitative estimate of drug-likeness (QED) is 0.780. The summed E-state index contributed by atoms with van der Waals surface area (Å²) in [5.74, 6) is 1.84. The fourth-order valence-electron chi connectivity index (χ4n) is 1.80. The van der Waals surface area contributed by atoms with Crippen molar-refractivity contribution in [1.82, 2.24) is 9.97 Å². The Hall–Kier alpha value is -2.91. The number of thiazole rings is 1. The SMILES string of the molecule is Cc1csc(Nc2ncccc2Oc2ccc(C#N)cc2)n1. The van der Waals surface area contributed by atoms with Gasteiger partial charge in [-0.1, -0.05) is 0 Å². The zero-order valence-electron chi connectivity index (χ0n) is 11.8. The summed E-state index contributed by atoms with van der Waals surface area (Å²) in [7, 11) is 0. The molecule has 0 aliphatic heterocycles. The number of nitriles is 1. The van der Waals surface area contributed by atoms with E-state index in [1.54, 1.807) is 36.5 Å². The standard InChI is InChI=1S/C16H12N4OS/c1-11-10-22-16(19-11)20-15-14(3-2-8-18-15)21-13-6-4-12(9-17)5-7-13/h2-8,10H,1H3,(H,18,19,20). The first kappa shape index (κ1) is 14.0. The molecule has 3 rings (SSSR count).